The Morgan fingerprint density at radius 2 is 1.69 bits per heavy atom. The van der Waals surface area contributed by atoms with E-state index in [9.17, 15) is 0 Å². The number of aryl methyl sites for hydroxylation is 1. The first-order valence-electron chi connectivity index (χ1n) is 12.3. The van der Waals surface area contributed by atoms with Crippen LogP contribution in [0.15, 0.2) is 72.8 Å². The van der Waals surface area contributed by atoms with Crippen molar-refractivity contribution in [1.82, 2.24) is 19.6 Å². The van der Waals surface area contributed by atoms with Crippen molar-refractivity contribution < 1.29 is 4.74 Å². The molecule has 0 amide bonds. The van der Waals surface area contributed by atoms with Gasteiger partial charge in [-0.25, -0.2) is 9.38 Å². The number of piperidine rings is 1. The second-order valence-electron chi connectivity index (χ2n) is 9.44. The molecule has 1 aliphatic rings. The van der Waals surface area contributed by atoms with Gasteiger partial charge in [0.05, 0.1) is 18.2 Å². The highest BCUT2D eigenvalue weighted by Crippen LogP contribution is 2.34. The summed E-state index contributed by atoms with van der Waals surface area (Å²) in [5.41, 5.74) is 5.29. The minimum Gasteiger partial charge on any atom is -0.496 e. The van der Waals surface area contributed by atoms with Crippen molar-refractivity contribution in [1.29, 1.82) is 0 Å². The van der Waals surface area contributed by atoms with Crippen molar-refractivity contribution >= 4 is 22.5 Å². The molecule has 3 aromatic carbocycles. The second-order valence-corrected chi connectivity index (χ2v) is 9.44. The van der Waals surface area contributed by atoms with Gasteiger partial charge in [0.25, 0.3) is 0 Å². The van der Waals surface area contributed by atoms with Crippen LogP contribution in [0, 0.1) is 12.8 Å². The first kappa shape index (κ1) is 21.6. The molecule has 0 atom stereocenters. The van der Waals surface area contributed by atoms with Crippen molar-refractivity contribution in [3.05, 3.63) is 83.9 Å². The smallest absolute Gasteiger partial charge is 0.213 e. The monoisotopic (exact) mass is 463 g/mol. The zero-order chi connectivity index (χ0) is 23.8. The quantitative estimate of drug-likeness (QED) is 0.334. The van der Waals surface area contributed by atoms with Crippen molar-refractivity contribution in [2.75, 3.05) is 25.1 Å². The van der Waals surface area contributed by atoms with Crippen LogP contribution >= 0.6 is 0 Å². The van der Waals surface area contributed by atoms with E-state index < -0.39 is 0 Å². The van der Waals surface area contributed by atoms with E-state index in [0.29, 0.717) is 5.92 Å². The van der Waals surface area contributed by atoms with Gasteiger partial charge in [-0.15, -0.1) is 10.2 Å². The molecule has 0 radical (unpaired) electrons. The number of hydrogen-bond acceptors (Lipinski definition) is 5. The van der Waals surface area contributed by atoms with Crippen LogP contribution in [0.25, 0.3) is 27.9 Å². The number of anilines is 1. The summed E-state index contributed by atoms with van der Waals surface area (Å²) in [6.45, 7) is 4.01. The predicted octanol–water partition coefficient (Wildman–Crippen LogP) is 5.72. The van der Waals surface area contributed by atoms with Crippen molar-refractivity contribution in [3.8, 4) is 17.1 Å². The average Bonchev–Trinajstić information content (AvgIpc) is 3.35. The average molecular weight is 464 g/mol. The summed E-state index contributed by atoms with van der Waals surface area (Å²) >= 11 is 0. The lowest BCUT2D eigenvalue weighted by molar-refractivity contribution is 0.400. The molecule has 0 saturated carbocycles. The van der Waals surface area contributed by atoms with E-state index in [1.165, 1.54) is 11.1 Å². The third kappa shape index (κ3) is 3.99. The summed E-state index contributed by atoms with van der Waals surface area (Å²) in [7, 11) is 1.69. The Labute approximate surface area is 205 Å². The van der Waals surface area contributed by atoms with E-state index in [0.717, 1.165) is 72.0 Å². The van der Waals surface area contributed by atoms with E-state index in [2.05, 4.69) is 75.0 Å². The lowest BCUT2D eigenvalue weighted by atomic mass is 9.90. The summed E-state index contributed by atoms with van der Waals surface area (Å²) in [5.74, 6) is 3.12. The number of benzene rings is 3. The molecule has 1 aliphatic heterocycles. The minimum atomic E-state index is 0.682. The molecular weight excluding hydrogens is 434 g/mol. The van der Waals surface area contributed by atoms with Crippen molar-refractivity contribution in [2.24, 2.45) is 5.92 Å². The van der Waals surface area contributed by atoms with Crippen molar-refractivity contribution in [3.63, 3.8) is 0 Å². The molecule has 0 spiro atoms. The molecule has 0 unspecified atom stereocenters. The predicted molar refractivity (Wildman–Crippen MR) is 140 cm³/mol. The van der Waals surface area contributed by atoms with Gasteiger partial charge in [0, 0.05) is 18.5 Å². The van der Waals surface area contributed by atoms with Gasteiger partial charge >= 0.3 is 0 Å². The Bertz CT molecular complexity index is 1490. The largest absolute Gasteiger partial charge is 0.496 e. The zero-order valence-corrected chi connectivity index (χ0v) is 20.2. The van der Waals surface area contributed by atoms with Crippen LogP contribution < -0.4 is 9.64 Å². The number of rotatable bonds is 5. The fraction of sp³-hybridized carbons (Fsp3) is 0.276. The Hall–Kier alpha value is -3.93. The van der Waals surface area contributed by atoms with Crippen LogP contribution in [0.3, 0.4) is 0 Å². The van der Waals surface area contributed by atoms with Gasteiger partial charge in [0.1, 0.15) is 5.75 Å². The van der Waals surface area contributed by atoms with E-state index in [4.69, 9.17) is 9.72 Å². The van der Waals surface area contributed by atoms with E-state index in [-0.39, 0.29) is 0 Å². The third-order valence-corrected chi connectivity index (χ3v) is 7.09. The highest BCUT2D eigenvalue weighted by Gasteiger charge is 2.26. The molecule has 0 N–H and O–H groups in total. The number of fused-ring (bicyclic) bond motifs is 3. The molecule has 2 aromatic heterocycles. The fourth-order valence-corrected chi connectivity index (χ4v) is 5.23. The summed E-state index contributed by atoms with van der Waals surface area (Å²) < 4.78 is 7.79. The van der Waals surface area contributed by atoms with Gasteiger partial charge in [-0.05, 0) is 61.9 Å². The van der Waals surface area contributed by atoms with E-state index in [1.807, 2.05) is 24.3 Å². The zero-order valence-electron chi connectivity index (χ0n) is 20.2. The molecule has 176 valence electrons. The number of aromatic nitrogens is 4. The summed E-state index contributed by atoms with van der Waals surface area (Å²) in [6, 6.07) is 25.1. The molecule has 6 rings (SSSR count). The molecule has 1 saturated heterocycles. The van der Waals surface area contributed by atoms with Gasteiger partial charge < -0.3 is 9.64 Å². The van der Waals surface area contributed by atoms with Crippen LogP contribution in [0.5, 0.6) is 5.75 Å². The molecular formula is C29H29N5O. The Morgan fingerprint density at radius 3 is 2.49 bits per heavy atom. The fourth-order valence-electron chi connectivity index (χ4n) is 5.23. The number of hydrogen-bond donors (Lipinski definition) is 0. The standard InChI is InChI=1S/C29H29N5O/c1-20-12-13-25-24(18-20)28-32-31-27(23-10-6-7-11-26(23)35-2)34(28)29(30-25)33-16-14-22(15-17-33)19-21-8-4-3-5-9-21/h3-13,18,22H,14-17,19H2,1-2H3. The second kappa shape index (κ2) is 9.02. The molecule has 5 aromatic rings. The first-order valence-corrected chi connectivity index (χ1v) is 12.3. The number of nitrogens with zero attached hydrogens (tertiary/aromatic N) is 5. The normalized spacial score (nSPS) is 14.6. The lowest BCUT2D eigenvalue weighted by Gasteiger charge is -2.33. The Kier molecular flexibility index (Phi) is 5.57. The maximum atomic E-state index is 5.67. The third-order valence-electron chi connectivity index (χ3n) is 7.09. The number of ether oxygens (including phenoxy) is 1. The molecule has 0 bridgehead atoms. The SMILES string of the molecule is COc1ccccc1-c1nnc2c3cc(C)ccc3nc(N3CCC(Cc4ccccc4)CC3)n12. The molecule has 6 nitrogen and oxygen atoms in total. The highest BCUT2D eigenvalue weighted by molar-refractivity contribution is 5.94. The summed E-state index contributed by atoms with van der Waals surface area (Å²) in [5, 5.41) is 10.3. The van der Waals surface area contributed by atoms with E-state index >= 15 is 0 Å². The lowest BCUT2D eigenvalue weighted by Crippen LogP contribution is -2.36. The Morgan fingerprint density at radius 1 is 0.914 bits per heavy atom. The summed E-state index contributed by atoms with van der Waals surface area (Å²) in [4.78, 5) is 7.56. The van der Waals surface area contributed by atoms with Crippen LogP contribution in [0.1, 0.15) is 24.0 Å². The van der Waals surface area contributed by atoms with Gasteiger partial charge in [-0.3, -0.25) is 0 Å². The van der Waals surface area contributed by atoms with Crippen LogP contribution in [0.2, 0.25) is 0 Å². The first-order chi connectivity index (χ1) is 17.2. The maximum absolute atomic E-state index is 5.67. The molecule has 6 heteroatoms. The Balaban J connectivity index is 1.42. The minimum absolute atomic E-state index is 0.682. The van der Waals surface area contributed by atoms with Gasteiger partial charge in [0.15, 0.2) is 11.5 Å². The van der Waals surface area contributed by atoms with Crippen LogP contribution in [0.4, 0.5) is 5.95 Å². The van der Waals surface area contributed by atoms with Crippen LogP contribution in [-0.2, 0) is 6.42 Å². The summed E-state index contributed by atoms with van der Waals surface area (Å²) in [6.07, 6.45) is 3.40. The highest BCUT2D eigenvalue weighted by atomic mass is 16.5. The molecule has 1 fully saturated rings. The van der Waals surface area contributed by atoms with Crippen molar-refractivity contribution in [2.45, 2.75) is 26.2 Å². The van der Waals surface area contributed by atoms with Gasteiger partial charge in [0.2, 0.25) is 5.95 Å². The topological polar surface area (TPSA) is 55.6 Å². The van der Waals surface area contributed by atoms with E-state index in [1.54, 1.807) is 7.11 Å². The molecule has 0 aliphatic carbocycles. The molecule has 3 heterocycles. The van der Waals surface area contributed by atoms with Crippen LogP contribution in [-0.4, -0.2) is 39.8 Å². The number of para-hydroxylation sites is 1. The number of methoxy groups -OCH3 is 1. The molecule has 35 heavy (non-hydrogen) atoms. The maximum Gasteiger partial charge on any atom is 0.213 e. The van der Waals surface area contributed by atoms with Gasteiger partial charge in [-0.1, -0.05) is 54.1 Å². The van der Waals surface area contributed by atoms with Gasteiger partial charge in [-0.2, -0.15) is 0 Å².